The largest absolute Gasteiger partial charge is 0.381 e. The SMILES string of the molecule is CCNC(=NCC1(N(C)C)CCOCC1)NC1CC2CCC(C1)N2Cc1ccccc1.I. The summed E-state index contributed by atoms with van der Waals surface area (Å²) in [6, 6.07) is 12.8. The summed E-state index contributed by atoms with van der Waals surface area (Å²) in [5.41, 5.74) is 1.55. The van der Waals surface area contributed by atoms with Gasteiger partial charge in [0.25, 0.3) is 0 Å². The fraction of sp³-hybridized carbons (Fsp3) is 0.720. The third kappa shape index (κ3) is 6.15. The Morgan fingerprint density at radius 3 is 2.38 bits per heavy atom. The summed E-state index contributed by atoms with van der Waals surface area (Å²) in [6.45, 7) is 6.62. The molecule has 2 N–H and O–H groups in total. The van der Waals surface area contributed by atoms with Crippen molar-refractivity contribution < 1.29 is 4.74 Å². The van der Waals surface area contributed by atoms with Gasteiger partial charge in [0.05, 0.1) is 6.54 Å². The van der Waals surface area contributed by atoms with Crippen LogP contribution in [0, 0.1) is 0 Å². The Kier molecular flexibility index (Phi) is 9.64. The van der Waals surface area contributed by atoms with E-state index in [2.05, 4.69) is 71.8 Å². The van der Waals surface area contributed by atoms with Gasteiger partial charge >= 0.3 is 0 Å². The van der Waals surface area contributed by atoms with Crippen LogP contribution in [0.3, 0.4) is 0 Å². The molecule has 7 heteroatoms. The maximum Gasteiger partial charge on any atom is 0.191 e. The predicted molar refractivity (Wildman–Crippen MR) is 143 cm³/mol. The minimum Gasteiger partial charge on any atom is -0.381 e. The molecule has 6 nitrogen and oxygen atoms in total. The van der Waals surface area contributed by atoms with Crippen LogP contribution in [-0.2, 0) is 11.3 Å². The quantitative estimate of drug-likeness (QED) is 0.307. The van der Waals surface area contributed by atoms with Crippen LogP contribution in [0.4, 0.5) is 0 Å². The second kappa shape index (κ2) is 12.0. The molecule has 3 aliphatic heterocycles. The van der Waals surface area contributed by atoms with Crippen molar-refractivity contribution in [1.29, 1.82) is 0 Å². The second-order valence-electron chi connectivity index (χ2n) is 9.78. The lowest BCUT2D eigenvalue weighted by atomic mass is 9.89. The van der Waals surface area contributed by atoms with Crippen molar-refractivity contribution in [1.82, 2.24) is 20.4 Å². The molecule has 1 aromatic rings. The lowest BCUT2D eigenvalue weighted by Crippen LogP contribution is -2.54. The molecule has 2 bridgehead atoms. The first-order chi connectivity index (χ1) is 15.1. The van der Waals surface area contributed by atoms with Gasteiger partial charge in [-0.2, -0.15) is 0 Å². The van der Waals surface area contributed by atoms with Crippen molar-refractivity contribution in [3.05, 3.63) is 35.9 Å². The zero-order chi connectivity index (χ0) is 21.7. The summed E-state index contributed by atoms with van der Waals surface area (Å²) in [7, 11) is 4.36. The van der Waals surface area contributed by atoms with Gasteiger partial charge in [-0.05, 0) is 65.1 Å². The van der Waals surface area contributed by atoms with Crippen molar-refractivity contribution in [2.75, 3.05) is 40.4 Å². The van der Waals surface area contributed by atoms with Gasteiger partial charge in [-0.1, -0.05) is 30.3 Å². The van der Waals surface area contributed by atoms with Gasteiger partial charge in [0.15, 0.2) is 5.96 Å². The summed E-state index contributed by atoms with van der Waals surface area (Å²) in [5.74, 6) is 0.983. The molecule has 180 valence electrons. The molecule has 0 amide bonds. The zero-order valence-electron chi connectivity index (χ0n) is 20.1. The van der Waals surface area contributed by atoms with E-state index in [0.29, 0.717) is 18.1 Å². The minimum atomic E-state index is 0. The highest BCUT2D eigenvalue weighted by Crippen LogP contribution is 2.37. The van der Waals surface area contributed by atoms with E-state index in [1.54, 1.807) is 0 Å². The molecule has 0 aromatic heterocycles. The molecule has 2 atom stereocenters. The van der Waals surface area contributed by atoms with Crippen molar-refractivity contribution >= 4 is 29.9 Å². The first kappa shape index (κ1) is 25.7. The highest BCUT2D eigenvalue weighted by molar-refractivity contribution is 14.0. The first-order valence-electron chi connectivity index (χ1n) is 12.2. The third-order valence-corrected chi connectivity index (χ3v) is 7.68. The molecule has 1 aromatic carbocycles. The van der Waals surface area contributed by atoms with Gasteiger partial charge < -0.3 is 20.3 Å². The van der Waals surface area contributed by atoms with E-state index >= 15 is 0 Å². The maximum atomic E-state index is 5.62. The molecule has 0 radical (unpaired) electrons. The molecule has 4 rings (SSSR count). The van der Waals surface area contributed by atoms with Crippen LogP contribution in [0.15, 0.2) is 35.3 Å². The number of benzene rings is 1. The number of likely N-dealkylation sites (N-methyl/N-ethyl adjacent to an activating group) is 1. The summed E-state index contributed by atoms with van der Waals surface area (Å²) in [6.07, 6.45) is 7.16. The van der Waals surface area contributed by atoms with E-state index in [0.717, 1.165) is 51.6 Å². The molecular weight excluding hydrogens is 513 g/mol. The average Bonchev–Trinajstić information content (AvgIpc) is 3.01. The zero-order valence-corrected chi connectivity index (χ0v) is 22.4. The van der Waals surface area contributed by atoms with E-state index in [1.807, 2.05) is 0 Å². The lowest BCUT2D eigenvalue weighted by molar-refractivity contribution is -0.00257. The summed E-state index contributed by atoms with van der Waals surface area (Å²) >= 11 is 0. The van der Waals surface area contributed by atoms with Crippen molar-refractivity contribution in [2.24, 2.45) is 4.99 Å². The van der Waals surface area contributed by atoms with Crippen LogP contribution in [-0.4, -0.2) is 79.8 Å². The molecule has 0 spiro atoms. The Morgan fingerprint density at radius 1 is 1.12 bits per heavy atom. The highest BCUT2D eigenvalue weighted by Gasteiger charge is 2.41. The smallest absolute Gasteiger partial charge is 0.191 e. The molecule has 3 fully saturated rings. The number of ether oxygens (including phenoxy) is 1. The fourth-order valence-corrected chi connectivity index (χ4v) is 5.68. The van der Waals surface area contributed by atoms with Gasteiger partial charge in [0.2, 0.25) is 0 Å². The van der Waals surface area contributed by atoms with Crippen LogP contribution < -0.4 is 10.6 Å². The van der Waals surface area contributed by atoms with Crippen LogP contribution in [0.25, 0.3) is 0 Å². The van der Waals surface area contributed by atoms with E-state index < -0.39 is 0 Å². The van der Waals surface area contributed by atoms with Gasteiger partial charge in [-0.3, -0.25) is 9.89 Å². The number of piperidine rings is 1. The Hall–Kier alpha value is -0.900. The Bertz CT molecular complexity index is 708. The van der Waals surface area contributed by atoms with Crippen molar-refractivity contribution in [3.63, 3.8) is 0 Å². The first-order valence-corrected chi connectivity index (χ1v) is 12.2. The number of nitrogens with one attached hydrogen (secondary N) is 2. The predicted octanol–water partition coefficient (Wildman–Crippen LogP) is 3.47. The summed E-state index contributed by atoms with van der Waals surface area (Å²) in [4.78, 5) is 10.2. The van der Waals surface area contributed by atoms with E-state index in [4.69, 9.17) is 9.73 Å². The van der Waals surface area contributed by atoms with E-state index in [9.17, 15) is 0 Å². The van der Waals surface area contributed by atoms with Crippen LogP contribution >= 0.6 is 24.0 Å². The normalized spacial score (nSPS) is 27.8. The van der Waals surface area contributed by atoms with Gasteiger partial charge in [-0.25, -0.2) is 0 Å². The molecular formula is C25H42IN5O. The van der Waals surface area contributed by atoms with Crippen molar-refractivity contribution in [3.8, 4) is 0 Å². The monoisotopic (exact) mass is 555 g/mol. The standard InChI is InChI=1S/C25H41N5O.HI/c1-4-26-24(27-19-25(29(2)3)12-14-31-15-13-25)28-21-16-22-10-11-23(17-21)30(22)18-20-8-6-5-7-9-20;/h5-9,21-23H,4,10-19H2,1-3H3,(H2,26,27,28);1H. The second-order valence-corrected chi connectivity index (χ2v) is 9.78. The topological polar surface area (TPSA) is 52.1 Å². The lowest BCUT2D eigenvalue weighted by Gasteiger charge is -2.42. The van der Waals surface area contributed by atoms with Crippen LogP contribution in [0.5, 0.6) is 0 Å². The van der Waals surface area contributed by atoms with Gasteiger partial charge in [0, 0.05) is 50.0 Å². The Labute approximate surface area is 211 Å². The number of aliphatic imine (C=N–C) groups is 1. The number of guanidine groups is 1. The number of nitrogens with zero attached hydrogens (tertiary/aromatic N) is 3. The highest BCUT2D eigenvalue weighted by atomic mass is 127. The van der Waals surface area contributed by atoms with Crippen LogP contribution in [0.2, 0.25) is 0 Å². The molecule has 3 saturated heterocycles. The molecule has 2 unspecified atom stereocenters. The molecule has 3 heterocycles. The van der Waals surface area contributed by atoms with Crippen LogP contribution in [0.1, 0.15) is 51.0 Å². The Morgan fingerprint density at radius 2 is 1.78 bits per heavy atom. The van der Waals surface area contributed by atoms with Gasteiger partial charge in [-0.15, -0.1) is 24.0 Å². The molecule has 32 heavy (non-hydrogen) atoms. The number of hydrogen-bond donors (Lipinski definition) is 2. The summed E-state index contributed by atoms with van der Waals surface area (Å²) in [5, 5.41) is 7.30. The minimum absolute atomic E-state index is 0. The third-order valence-electron chi connectivity index (χ3n) is 7.68. The number of fused-ring (bicyclic) bond motifs is 2. The molecule has 0 saturated carbocycles. The Balaban J connectivity index is 0.00000289. The van der Waals surface area contributed by atoms with E-state index in [1.165, 1.54) is 31.2 Å². The molecule has 0 aliphatic carbocycles. The summed E-state index contributed by atoms with van der Waals surface area (Å²) < 4.78 is 5.62. The maximum absolute atomic E-state index is 5.62. The average molecular weight is 556 g/mol. The van der Waals surface area contributed by atoms with Crippen molar-refractivity contribution in [2.45, 2.75) is 75.7 Å². The fourth-order valence-electron chi connectivity index (χ4n) is 5.68. The van der Waals surface area contributed by atoms with E-state index in [-0.39, 0.29) is 29.5 Å². The molecule has 3 aliphatic rings. The number of rotatable bonds is 7. The number of hydrogen-bond acceptors (Lipinski definition) is 4. The van der Waals surface area contributed by atoms with Gasteiger partial charge in [0.1, 0.15) is 0 Å². The number of halogens is 1.